The molecule has 28 heavy (non-hydrogen) atoms. The molecule has 134 valence electrons. The molecule has 0 saturated carbocycles. The summed E-state index contributed by atoms with van der Waals surface area (Å²) in [5.74, 6) is 0.0334. The molecule has 1 heteroatoms. The van der Waals surface area contributed by atoms with Crippen molar-refractivity contribution in [1.29, 1.82) is 0 Å². The number of carbonyl (C=O) groups is 1. The van der Waals surface area contributed by atoms with Gasteiger partial charge in [0.25, 0.3) is 0 Å². The van der Waals surface area contributed by atoms with Gasteiger partial charge < -0.3 is 0 Å². The van der Waals surface area contributed by atoms with Crippen LogP contribution >= 0.6 is 0 Å². The van der Waals surface area contributed by atoms with Gasteiger partial charge in [0.1, 0.15) is 0 Å². The summed E-state index contributed by atoms with van der Waals surface area (Å²) in [6, 6.07) is 37.7. The quantitative estimate of drug-likeness (QED) is 0.293. The van der Waals surface area contributed by atoms with E-state index in [4.69, 9.17) is 0 Å². The van der Waals surface area contributed by atoms with E-state index in [1.807, 2.05) is 91.0 Å². The van der Waals surface area contributed by atoms with Crippen LogP contribution in [0.15, 0.2) is 115 Å². The molecule has 0 spiro atoms. The van der Waals surface area contributed by atoms with Crippen molar-refractivity contribution in [3.63, 3.8) is 0 Å². The summed E-state index contributed by atoms with van der Waals surface area (Å²) in [7, 11) is 0. The van der Waals surface area contributed by atoms with E-state index < -0.39 is 0 Å². The molecule has 0 heterocycles. The second-order valence-corrected chi connectivity index (χ2v) is 6.58. The SMILES string of the molecule is O=C(c1ccccc1)c1ccccc1/C(=C/c1ccccc1)c1ccccc1. The van der Waals surface area contributed by atoms with Crippen LogP contribution in [0.1, 0.15) is 32.6 Å². The Morgan fingerprint density at radius 3 is 1.57 bits per heavy atom. The first kappa shape index (κ1) is 17.7. The molecule has 0 aliphatic rings. The highest BCUT2D eigenvalue weighted by Crippen LogP contribution is 2.30. The first-order valence-corrected chi connectivity index (χ1v) is 9.34. The van der Waals surface area contributed by atoms with Crippen molar-refractivity contribution in [3.05, 3.63) is 143 Å². The van der Waals surface area contributed by atoms with Gasteiger partial charge in [0.2, 0.25) is 0 Å². The van der Waals surface area contributed by atoms with Crippen molar-refractivity contribution in [2.24, 2.45) is 0 Å². The second-order valence-electron chi connectivity index (χ2n) is 6.58. The number of rotatable bonds is 5. The van der Waals surface area contributed by atoms with Crippen molar-refractivity contribution in [1.82, 2.24) is 0 Å². The maximum Gasteiger partial charge on any atom is 0.193 e. The molecule has 4 aromatic rings. The fourth-order valence-corrected chi connectivity index (χ4v) is 3.31. The Labute approximate surface area is 165 Å². The molecule has 0 atom stereocenters. The Balaban J connectivity index is 1.89. The van der Waals surface area contributed by atoms with Gasteiger partial charge in [-0.2, -0.15) is 0 Å². The zero-order valence-corrected chi connectivity index (χ0v) is 15.5. The Morgan fingerprint density at radius 2 is 0.964 bits per heavy atom. The van der Waals surface area contributed by atoms with Gasteiger partial charge in [-0.15, -0.1) is 0 Å². The standard InChI is InChI=1S/C27H20O/c28-27(23-16-8-3-9-17-23)25-19-11-10-18-24(25)26(22-14-6-2-7-15-22)20-21-12-4-1-5-13-21/h1-20H/b26-20+. The molecule has 0 amide bonds. The minimum atomic E-state index is 0.0334. The zero-order chi connectivity index (χ0) is 19.2. The van der Waals surface area contributed by atoms with Crippen LogP contribution in [0.2, 0.25) is 0 Å². The normalized spacial score (nSPS) is 11.2. The molecule has 4 aromatic carbocycles. The lowest BCUT2D eigenvalue weighted by molar-refractivity contribution is 0.103. The first-order valence-electron chi connectivity index (χ1n) is 9.34. The lowest BCUT2D eigenvalue weighted by Gasteiger charge is -2.14. The minimum Gasteiger partial charge on any atom is -0.289 e. The van der Waals surface area contributed by atoms with Gasteiger partial charge in [0, 0.05) is 11.1 Å². The number of carbonyl (C=O) groups excluding carboxylic acids is 1. The van der Waals surface area contributed by atoms with E-state index in [2.05, 4.69) is 30.3 Å². The van der Waals surface area contributed by atoms with Crippen molar-refractivity contribution in [2.45, 2.75) is 0 Å². The molecular formula is C27H20O. The van der Waals surface area contributed by atoms with E-state index >= 15 is 0 Å². The summed E-state index contributed by atoms with van der Waals surface area (Å²) in [6.07, 6.45) is 2.15. The Bertz CT molecular complexity index is 1090. The van der Waals surface area contributed by atoms with E-state index in [1.54, 1.807) is 0 Å². The lowest BCUT2D eigenvalue weighted by atomic mass is 9.89. The fourth-order valence-electron chi connectivity index (χ4n) is 3.31. The molecule has 0 radical (unpaired) electrons. The number of ketones is 1. The van der Waals surface area contributed by atoms with Crippen LogP contribution in [0.4, 0.5) is 0 Å². The largest absolute Gasteiger partial charge is 0.289 e. The van der Waals surface area contributed by atoms with E-state index in [1.165, 1.54) is 0 Å². The van der Waals surface area contributed by atoms with Crippen molar-refractivity contribution >= 4 is 17.4 Å². The van der Waals surface area contributed by atoms with Gasteiger partial charge in [0.15, 0.2) is 5.78 Å². The Kier molecular flexibility index (Phi) is 5.26. The minimum absolute atomic E-state index is 0.0334. The average Bonchev–Trinajstić information content (AvgIpc) is 2.79. The lowest BCUT2D eigenvalue weighted by Crippen LogP contribution is -2.05. The third kappa shape index (κ3) is 3.84. The molecule has 1 nitrogen and oxygen atoms in total. The maximum atomic E-state index is 13.2. The van der Waals surface area contributed by atoms with Gasteiger partial charge in [0.05, 0.1) is 0 Å². The molecule has 0 bridgehead atoms. The van der Waals surface area contributed by atoms with Crippen LogP contribution in [-0.2, 0) is 0 Å². The van der Waals surface area contributed by atoms with Crippen molar-refractivity contribution < 1.29 is 4.79 Å². The molecule has 0 saturated heterocycles. The third-order valence-corrected chi connectivity index (χ3v) is 4.69. The van der Waals surface area contributed by atoms with Crippen LogP contribution in [0.5, 0.6) is 0 Å². The summed E-state index contributed by atoms with van der Waals surface area (Å²) in [4.78, 5) is 13.2. The van der Waals surface area contributed by atoms with Crippen LogP contribution in [0, 0.1) is 0 Å². The molecule has 0 aromatic heterocycles. The number of hydrogen-bond acceptors (Lipinski definition) is 1. The predicted molar refractivity (Wildman–Crippen MR) is 116 cm³/mol. The summed E-state index contributed by atoms with van der Waals surface area (Å²) >= 11 is 0. The van der Waals surface area contributed by atoms with Gasteiger partial charge in [-0.3, -0.25) is 4.79 Å². The fraction of sp³-hybridized carbons (Fsp3) is 0. The molecule has 4 rings (SSSR count). The smallest absolute Gasteiger partial charge is 0.193 e. The van der Waals surface area contributed by atoms with E-state index in [9.17, 15) is 4.79 Å². The second kappa shape index (κ2) is 8.32. The average molecular weight is 360 g/mol. The predicted octanol–water partition coefficient (Wildman–Crippen LogP) is 6.51. The van der Waals surface area contributed by atoms with E-state index in [0.29, 0.717) is 11.1 Å². The van der Waals surface area contributed by atoms with Gasteiger partial charge >= 0.3 is 0 Å². The summed E-state index contributed by atoms with van der Waals surface area (Å²) in [5.41, 5.74) is 5.56. The van der Waals surface area contributed by atoms with Crippen molar-refractivity contribution in [3.8, 4) is 0 Å². The van der Waals surface area contributed by atoms with Gasteiger partial charge in [-0.25, -0.2) is 0 Å². The Hall–Kier alpha value is -3.71. The van der Waals surface area contributed by atoms with Crippen LogP contribution < -0.4 is 0 Å². The monoisotopic (exact) mass is 360 g/mol. The topological polar surface area (TPSA) is 17.1 Å². The first-order chi connectivity index (χ1) is 13.8. The summed E-state index contributed by atoms with van der Waals surface area (Å²) < 4.78 is 0. The van der Waals surface area contributed by atoms with Crippen LogP contribution in [0.3, 0.4) is 0 Å². The summed E-state index contributed by atoms with van der Waals surface area (Å²) in [6.45, 7) is 0. The van der Waals surface area contributed by atoms with E-state index in [0.717, 1.165) is 22.3 Å². The molecule has 0 N–H and O–H groups in total. The van der Waals surface area contributed by atoms with Crippen LogP contribution in [-0.4, -0.2) is 5.78 Å². The number of hydrogen-bond donors (Lipinski definition) is 0. The summed E-state index contributed by atoms with van der Waals surface area (Å²) in [5, 5.41) is 0. The van der Waals surface area contributed by atoms with Gasteiger partial charge in [-0.1, -0.05) is 115 Å². The third-order valence-electron chi connectivity index (χ3n) is 4.69. The zero-order valence-electron chi connectivity index (χ0n) is 15.5. The molecule has 0 unspecified atom stereocenters. The maximum absolute atomic E-state index is 13.2. The van der Waals surface area contributed by atoms with E-state index in [-0.39, 0.29) is 5.78 Å². The number of benzene rings is 4. The molecule has 0 aliphatic heterocycles. The Morgan fingerprint density at radius 1 is 0.500 bits per heavy atom. The van der Waals surface area contributed by atoms with Gasteiger partial charge in [-0.05, 0) is 28.3 Å². The molecule has 0 fully saturated rings. The highest BCUT2D eigenvalue weighted by Gasteiger charge is 2.16. The molecular weight excluding hydrogens is 340 g/mol. The van der Waals surface area contributed by atoms with Crippen LogP contribution in [0.25, 0.3) is 11.6 Å². The van der Waals surface area contributed by atoms with Crippen molar-refractivity contribution in [2.75, 3.05) is 0 Å². The molecule has 0 aliphatic carbocycles. The highest BCUT2D eigenvalue weighted by atomic mass is 16.1. The highest BCUT2D eigenvalue weighted by molar-refractivity contribution is 6.13.